The van der Waals surface area contributed by atoms with Gasteiger partial charge in [0.05, 0.1) is 21.8 Å². The van der Waals surface area contributed by atoms with Crippen LogP contribution in [0.5, 0.6) is 0 Å². The molecule has 0 bridgehead atoms. The van der Waals surface area contributed by atoms with E-state index in [1.807, 2.05) is 5.38 Å². The molecule has 0 unspecified atom stereocenters. The zero-order chi connectivity index (χ0) is 12.3. The second-order valence-electron chi connectivity index (χ2n) is 3.41. The van der Waals surface area contributed by atoms with E-state index in [-0.39, 0.29) is 5.02 Å². The molecule has 0 spiro atoms. The number of benzene rings is 1. The topological polar surface area (TPSA) is 36.7 Å². The Morgan fingerprint density at radius 1 is 1.47 bits per heavy atom. The predicted molar refractivity (Wildman–Crippen MR) is 66.5 cm³/mol. The van der Waals surface area contributed by atoms with Crippen LogP contribution < -0.4 is 0 Å². The number of hydrogen-bond donors (Lipinski definition) is 0. The van der Waals surface area contributed by atoms with Gasteiger partial charge in [-0.3, -0.25) is 0 Å². The van der Waals surface area contributed by atoms with Gasteiger partial charge in [-0.1, -0.05) is 11.6 Å². The minimum atomic E-state index is -0.435. The third kappa shape index (κ3) is 2.82. The molecule has 0 saturated carbocycles. The molecule has 0 atom stereocenters. The van der Waals surface area contributed by atoms with Crippen LogP contribution >= 0.6 is 22.9 Å². The minimum absolute atomic E-state index is 0.0917. The number of thiazole rings is 1. The molecule has 0 N–H and O–H groups in total. The lowest BCUT2D eigenvalue weighted by Gasteiger charge is -1.98. The highest BCUT2D eigenvalue weighted by atomic mass is 35.5. The van der Waals surface area contributed by atoms with Crippen LogP contribution in [-0.4, -0.2) is 4.98 Å². The molecule has 1 aromatic carbocycles. The maximum absolute atomic E-state index is 13.0. The van der Waals surface area contributed by atoms with E-state index in [0.29, 0.717) is 12.8 Å². The molecular formula is C12H8ClFN2S. The number of halogens is 2. The highest BCUT2D eigenvalue weighted by Crippen LogP contribution is 2.26. The molecule has 0 radical (unpaired) electrons. The van der Waals surface area contributed by atoms with E-state index in [1.54, 1.807) is 12.1 Å². The zero-order valence-electron chi connectivity index (χ0n) is 8.78. The molecule has 0 saturated heterocycles. The van der Waals surface area contributed by atoms with Crippen molar-refractivity contribution in [3.63, 3.8) is 0 Å². The van der Waals surface area contributed by atoms with Gasteiger partial charge in [0.25, 0.3) is 0 Å². The van der Waals surface area contributed by atoms with E-state index in [0.717, 1.165) is 16.3 Å². The number of aromatic nitrogens is 1. The molecule has 0 amide bonds. The van der Waals surface area contributed by atoms with Crippen molar-refractivity contribution in [1.82, 2.24) is 4.98 Å². The summed E-state index contributed by atoms with van der Waals surface area (Å²) in [4.78, 5) is 4.38. The van der Waals surface area contributed by atoms with Crippen LogP contribution in [0.3, 0.4) is 0 Å². The van der Waals surface area contributed by atoms with Gasteiger partial charge >= 0.3 is 0 Å². The van der Waals surface area contributed by atoms with Gasteiger partial charge in [0.15, 0.2) is 0 Å². The summed E-state index contributed by atoms with van der Waals surface area (Å²) < 4.78 is 13.0. The van der Waals surface area contributed by atoms with Crippen molar-refractivity contribution in [3.8, 4) is 17.3 Å². The quantitative estimate of drug-likeness (QED) is 0.840. The summed E-state index contributed by atoms with van der Waals surface area (Å²) in [5.41, 5.74) is 1.56. The maximum atomic E-state index is 13.0. The summed E-state index contributed by atoms with van der Waals surface area (Å²) in [5, 5.41) is 11.4. The molecule has 17 heavy (non-hydrogen) atoms. The van der Waals surface area contributed by atoms with Gasteiger partial charge in [0.2, 0.25) is 0 Å². The number of hydrogen-bond acceptors (Lipinski definition) is 3. The molecule has 0 aliphatic carbocycles. The molecule has 2 aromatic rings. The van der Waals surface area contributed by atoms with Crippen LogP contribution in [0.15, 0.2) is 23.6 Å². The Hall–Kier alpha value is -1.44. The molecule has 5 heteroatoms. The van der Waals surface area contributed by atoms with Crippen LogP contribution in [-0.2, 0) is 6.42 Å². The molecule has 0 aliphatic rings. The molecule has 0 fully saturated rings. The molecule has 1 heterocycles. The Morgan fingerprint density at radius 3 is 3.00 bits per heavy atom. The molecule has 1 aromatic heterocycles. The zero-order valence-corrected chi connectivity index (χ0v) is 10.4. The van der Waals surface area contributed by atoms with Gasteiger partial charge in [-0.2, -0.15) is 5.26 Å². The molecule has 2 nitrogen and oxygen atoms in total. The van der Waals surface area contributed by atoms with Gasteiger partial charge in [-0.05, 0) is 18.2 Å². The van der Waals surface area contributed by atoms with E-state index >= 15 is 0 Å². The van der Waals surface area contributed by atoms with Crippen molar-refractivity contribution < 1.29 is 4.39 Å². The third-order valence-electron chi connectivity index (χ3n) is 2.22. The lowest BCUT2D eigenvalue weighted by atomic mass is 10.2. The molecular weight excluding hydrogens is 259 g/mol. The molecule has 0 aliphatic heterocycles. The second-order valence-corrected chi connectivity index (χ2v) is 4.76. The summed E-state index contributed by atoms with van der Waals surface area (Å²) in [5.74, 6) is -0.435. The summed E-state index contributed by atoms with van der Waals surface area (Å²) in [6.45, 7) is 0. The summed E-state index contributed by atoms with van der Waals surface area (Å²) >= 11 is 7.21. The van der Waals surface area contributed by atoms with Crippen molar-refractivity contribution in [3.05, 3.63) is 39.4 Å². The molecule has 2 rings (SSSR count). The van der Waals surface area contributed by atoms with Crippen LogP contribution in [0.4, 0.5) is 4.39 Å². The summed E-state index contributed by atoms with van der Waals surface area (Å²) in [6, 6.07) is 6.60. The maximum Gasteiger partial charge on any atom is 0.141 e. The first-order chi connectivity index (χ1) is 8.20. The fourth-order valence-corrected chi connectivity index (χ4v) is 2.36. The van der Waals surface area contributed by atoms with Crippen molar-refractivity contribution in [1.29, 1.82) is 5.26 Å². The Labute approximate surface area is 107 Å². The highest BCUT2D eigenvalue weighted by molar-refractivity contribution is 7.09. The van der Waals surface area contributed by atoms with Crippen molar-refractivity contribution >= 4 is 22.9 Å². The third-order valence-corrected chi connectivity index (χ3v) is 3.42. The normalized spacial score (nSPS) is 10.2. The number of nitriles is 1. The van der Waals surface area contributed by atoms with Crippen LogP contribution in [0.2, 0.25) is 5.02 Å². The Morgan fingerprint density at radius 2 is 2.29 bits per heavy atom. The van der Waals surface area contributed by atoms with Crippen LogP contribution in [0, 0.1) is 17.1 Å². The summed E-state index contributed by atoms with van der Waals surface area (Å²) in [6.07, 6.45) is 1.10. The van der Waals surface area contributed by atoms with E-state index in [9.17, 15) is 4.39 Å². The Kier molecular flexibility index (Phi) is 3.72. The van der Waals surface area contributed by atoms with Gasteiger partial charge in [-0.25, -0.2) is 9.37 Å². The lowest BCUT2D eigenvalue weighted by Crippen LogP contribution is -1.84. The summed E-state index contributed by atoms with van der Waals surface area (Å²) in [7, 11) is 0. The second kappa shape index (κ2) is 5.26. The van der Waals surface area contributed by atoms with Crippen molar-refractivity contribution in [2.24, 2.45) is 0 Å². The van der Waals surface area contributed by atoms with Crippen molar-refractivity contribution in [2.45, 2.75) is 12.8 Å². The standard InChI is InChI=1S/C12H8ClFN2S/c13-9-6-8(3-4-10(9)14)11-7-17-12(16-11)2-1-5-15/h3-4,6-7H,1-2H2. The average Bonchev–Trinajstić information content (AvgIpc) is 2.79. The highest BCUT2D eigenvalue weighted by Gasteiger charge is 2.07. The van der Waals surface area contributed by atoms with Crippen molar-refractivity contribution in [2.75, 3.05) is 0 Å². The number of nitrogens with zero attached hydrogens (tertiary/aromatic N) is 2. The molecule has 86 valence electrons. The number of aryl methyl sites for hydroxylation is 1. The smallest absolute Gasteiger partial charge is 0.141 e. The minimum Gasteiger partial charge on any atom is -0.241 e. The van der Waals surface area contributed by atoms with Gasteiger partial charge in [0, 0.05) is 23.8 Å². The SMILES string of the molecule is N#CCCc1nc(-c2ccc(F)c(Cl)c2)cs1. The Bertz CT molecular complexity index is 574. The van der Waals surface area contributed by atoms with Gasteiger partial charge in [-0.15, -0.1) is 11.3 Å². The first-order valence-electron chi connectivity index (χ1n) is 4.97. The van der Waals surface area contributed by atoms with Gasteiger partial charge < -0.3 is 0 Å². The number of rotatable bonds is 3. The largest absolute Gasteiger partial charge is 0.241 e. The fraction of sp³-hybridized carbons (Fsp3) is 0.167. The first kappa shape index (κ1) is 12.0. The van der Waals surface area contributed by atoms with Crippen LogP contribution in [0.1, 0.15) is 11.4 Å². The van der Waals surface area contributed by atoms with E-state index < -0.39 is 5.82 Å². The Balaban J connectivity index is 2.25. The van der Waals surface area contributed by atoms with E-state index in [1.165, 1.54) is 17.4 Å². The lowest BCUT2D eigenvalue weighted by molar-refractivity contribution is 0.628. The van der Waals surface area contributed by atoms with Gasteiger partial charge in [0.1, 0.15) is 5.82 Å². The van der Waals surface area contributed by atoms with Crippen LogP contribution in [0.25, 0.3) is 11.3 Å². The predicted octanol–water partition coefficient (Wildman–Crippen LogP) is 4.06. The fourth-order valence-electron chi connectivity index (χ4n) is 1.38. The van der Waals surface area contributed by atoms with E-state index in [4.69, 9.17) is 16.9 Å². The first-order valence-corrected chi connectivity index (χ1v) is 6.23. The average molecular weight is 267 g/mol. The van der Waals surface area contributed by atoms with E-state index in [2.05, 4.69) is 11.1 Å². The monoisotopic (exact) mass is 266 g/mol.